The SMILES string of the molecule is CCn1c(=O)c2c(nc(/C=C/c3ccc(OC4CCC(F)(F)CC4)c(F)c3)n2C)n(CC)c1=O. The zero-order valence-corrected chi connectivity index (χ0v) is 19.4. The molecule has 0 N–H and O–H groups in total. The van der Waals surface area contributed by atoms with Crippen molar-refractivity contribution in [2.75, 3.05) is 0 Å². The molecule has 1 aromatic carbocycles. The van der Waals surface area contributed by atoms with Crippen molar-refractivity contribution in [3.05, 3.63) is 56.2 Å². The first-order chi connectivity index (χ1) is 16.1. The van der Waals surface area contributed by atoms with E-state index in [9.17, 15) is 22.8 Å². The monoisotopic (exact) mass is 476 g/mol. The van der Waals surface area contributed by atoms with Crippen LogP contribution in [0.25, 0.3) is 23.3 Å². The predicted molar refractivity (Wildman–Crippen MR) is 124 cm³/mol. The van der Waals surface area contributed by atoms with Crippen LogP contribution < -0.4 is 16.0 Å². The van der Waals surface area contributed by atoms with Gasteiger partial charge in [0.05, 0.1) is 6.10 Å². The zero-order valence-electron chi connectivity index (χ0n) is 19.4. The molecule has 1 aliphatic carbocycles. The van der Waals surface area contributed by atoms with E-state index in [4.69, 9.17) is 4.74 Å². The van der Waals surface area contributed by atoms with Crippen LogP contribution in [-0.4, -0.2) is 30.7 Å². The van der Waals surface area contributed by atoms with Crippen LogP contribution in [0, 0.1) is 5.82 Å². The summed E-state index contributed by atoms with van der Waals surface area (Å²) in [5.41, 5.74) is 0.338. The summed E-state index contributed by atoms with van der Waals surface area (Å²) in [7, 11) is 1.69. The maximum absolute atomic E-state index is 14.6. The third-order valence-electron chi connectivity index (χ3n) is 6.25. The molecule has 0 aliphatic heterocycles. The van der Waals surface area contributed by atoms with Crippen LogP contribution in [0.15, 0.2) is 27.8 Å². The lowest BCUT2D eigenvalue weighted by atomic mass is 9.94. The topological polar surface area (TPSA) is 71.1 Å². The fourth-order valence-electron chi connectivity index (χ4n) is 4.29. The minimum absolute atomic E-state index is 0.0298. The number of fused-ring (bicyclic) bond motifs is 1. The molecular weight excluding hydrogens is 449 g/mol. The second-order valence-corrected chi connectivity index (χ2v) is 8.47. The van der Waals surface area contributed by atoms with Crippen LogP contribution in [0.4, 0.5) is 13.2 Å². The number of benzene rings is 1. The molecule has 7 nitrogen and oxygen atoms in total. The van der Waals surface area contributed by atoms with E-state index in [1.807, 2.05) is 0 Å². The van der Waals surface area contributed by atoms with Crippen molar-refractivity contribution in [1.29, 1.82) is 0 Å². The van der Waals surface area contributed by atoms with Crippen LogP contribution in [0.1, 0.15) is 50.9 Å². The van der Waals surface area contributed by atoms with E-state index in [2.05, 4.69) is 4.98 Å². The first kappa shape index (κ1) is 23.8. The molecule has 1 aliphatic rings. The zero-order chi connectivity index (χ0) is 24.6. The van der Waals surface area contributed by atoms with Gasteiger partial charge in [-0.2, -0.15) is 0 Å². The molecule has 0 saturated heterocycles. The Morgan fingerprint density at radius 2 is 1.79 bits per heavy atom. The Labute approximate surface area is 194 Å². The smallest absolute Gasteiger partial charge is 0.332 e. The lowest BCUT2D eigenvalue weighted by Crippen LogP contribution is -2.39. The molecule has 1 fully saturated rings. The van der Waals surface area contributed by atoms with Gasteiger partial charge in [0.1, 0.15) is 5.82 Å². The molecule has 0 spiro atoms. The summed E-state index contributed by atoms with van der Waals surface area (Å²) in [5.74, 6) is -2.79. The van der Waals surface area contributed by atoms with Crippen molar-refractivity contribution >= 4 is 23.3 Å². The van der Waals surface area contributed by atoms with Gasteiger partial charge in [-0.3, -0.25) is 13.9 Å². The second-order valence-electron chi connectivity index (χ2n) is 8.47. The van der Waals surface area contributed by atoms with Gasteiger partial charge in [-0.25, -0.2) is 22.9 Å². The number of nitrogens with zero attached hydrogens (tertiary/aromatic N) is 4. The van der Waals surface area contributed by atoms with Gasteiger partial charge in [0.2, 0.25) is 5.92 Å². The Balaban J connectivity index is 1.59. The number of alkyl halides is 2. The number of aryl methyl sites for hydroxylation is 2. The molecule has 1 saturated carbocycles. The van der Waals surface area contributed by atoms with Gasteiger partial charge in [-0.1, -0.05) is 12.1 Å². The Kier molecular flexibility index (Phi) is 6.42. The first-order valence-corrected chi connectivity index (χ1v) is 11.4. The average molecular weight is 476 g/mol. The summed E-state index contributed by atoms with van der Waals surface area (Å²) < 4.78 is 51.1. The van der Waals surface area contributed by atoms with Gasteiger partial charge >= 0.3 is 5.69 Å². The van der Waals surface area contributed by atoms with E-state index in [0.717, 1.165) is 0 Å². The molecule has 2 aromatic heterocycles. The molecule has 0 atom stereocenters. The van der Waals surface area contributed by atoms with E-state index in [-0.39, 0.29) is 38.0 Å². The number of imidazole rings is 1. The number of aromatic nitrogens is 4. The summed E-state index contributed by atoms with van der Waals surface area (Å²) in [6.07, 6.45) is 2.70. The lowest BCUT2D eigenvalue weighted by molar-refractivity contribution is -0.0586. The third-order valence-corrected chi connectivity index (χ3v) is 6.25. The van der Waals surface area contributed by atoms with E-state index in [1.165, 1.54) is 21.3 Å². The molecule has 10 heteroatoms. The highest BCUT2D eigenvalue weighted by atomic mass is 19.3. The number of rotatable bonds is 6. The molecule has 2 heterocycles. The van der Waals surface area contributed by atoms with Gasteiger partial charge < -0.3 is 9.30 Å². The predicted octanol–water partition coefficient (Wildman–Crippen LogP) is 4.20. The van der Waals surface area contributed by atoms with E-state index in [1.54, 1.807) is 43.7 Å². The molecule has 34 heavy (non-hydrogen) atoms. The fraction of sp³-hybridized carbons (Fsp3) is 0.458. The quantitative estimate of drug-likeness (QED) is 0.535. The van der Waals surface area contributed by atoms with Crippen molar-refractivity contribution < 1.29 is 17.9 Å². The van der Waals surface area contributed by atoms with Gasteiger partial charge in [-0.05, 0) is 50.5 Å². The Hall–Kier alpha value is -3.30. The highest BCUT2D eigenvalue weighted by Gasteiger charge is 2.36. The van der Waals surface area contributed by atoms with Gasteiger partial charge in [-0.15, -0.1) is 0 Å². The maximum Gasteiger partial charge on any atom is 0.332 e. The molecular formula is C24H27F3N4O3. The first-order valence-electron chi connectivity index (χ1n) is 11.4. The molecule has 0 radical (unpaired) electrons. The highest BCUT2D eigenvalue weighted by Crippen LogP contribution is 2.35. The maximum atomic E-state index is 14.6. The van der Waals surface area contributed by atoms with Gasteiger partial charge in [0.25, 0.3) is 5.56 Å². The normalized spacial score (nSPS) is 16.5. The minimum Gasteiger partial charge on any atom is -0.487 e. The van der Waals surface area contributed by atoms with Gasteiger partial charge in [0.15, 0.2) is 22.7 Å². The van der Waals surface area contributed by atoms with Crippen molar-refractivity contribution in [1.82, 2.24) is 18.7 Å². The Morgan fingerprint density at radius 3 is 2.41 bits per heavy atom. The second kappa shape index (κ2) is 9.15. The van der Waals surface area contributed by atoms with Gasteiger partial charge in [0, 0.05) is 33.0 Å². The third kappa shape index (κ3) is 4.41. The number of ether oxygens (including phenoxy) is 1. The fourth-order valence-corrected chi connectivity index (χ4v) is 4.29. The summed E-state index contributed by atoms with van der Waals surface area (Å²) in [5, 5.41) is 0. The van der Waals surface area contributed by atoms with Crippen LogP contribution >= 0.6 is 0 Å². The van der Waals surface area contributed by atoms with E-state index < -0.39 is 29.1 Å². The van der Waals surface area contributed by atoms with Crippen molar-refractivity contribution in [2.45, 2.75) is 64.6 Å². The van der Waals surface area contributed by atoms with Crippen LogP contribution in [0.3, 0.4) is 0 Å². The molecule has 3 aromatic rings. The molecule has 0 bridgehead atoms. The van der Waals surface area contributed by atoms with Crippen LogP contribution in [-0.2, 0) is 20.1 Å². The Bertz CT molecular complexity index is 1360. The van der Waals surface area contributed by atoms with Crippen LogP contribution in [0.2, 0.25) is 0 Å². The van der Waals surface area contributed by atoms with Crippen molar-refractivity contribution in [2.24, 2.45) is 7.05 Å². The van der Waals surface area contributed by atoms with E-state index >= 15 is 0 Å². The standard InChI is InChI=1S/C24H27F3N4O3/c1-4-30-21-20(22(32)31(5-2)23(30)33)29(3)19(28-21)9-7-15-6-8-18(17(25)14-15)34-16-10-12-24(26,27)13-11-16/h6-9,14,16H,4-5,10-13H2,1-3H3/b9-7+. The highest BCUT2D eigenvalue weighted by molar-refractivity contribution is 5.76. The van der Waals surface area contributed by atoms with Crippen molar-refractivity contribution in [3.63, 3.8) is 0 Å². The molecule has 182 valence electrons. The molecule has 0 amide bonds. The number of hydrogen-bond donors (Lipinski definition) is 0. The summed E-state index contributed by atoms with van der Waals surface area (Å²) in [4.78, 5) is 29.8. The van der Waals surface area contributed by atoms with Crippen molar-refractivity contribution in [3.8, 4) is 5.75 Å². The summed E-state index contributed by atoms with van der Waals surface area (Å²) in [6, 6.07) is 4.42. The number of halogens is 3. The van der Waals surface area contributed by atoms with E-state index in [0.29, 0.717) is 29.1 Å². The number of hydrogen-bond acceptors (Lipinski definition) is 4. The minimum atomic E-state index is -2.67. The average Bonchev–Trinajstić information content (AvgIpc) is 3.12. The Morgan fingerprint density at radius 1 is 1.12 bits per heavy atom. The largest absolute Gasteiger partial charge is 0.487 e. The molecule has 4 rings (SSSR count). The summed E-state index contributed by atoms with van der Waals surface area (Å²) >= 11 is 0. The van der Waals surface area contributed by atoms with Crippen LogP contribution in [0.5, 0.6) is 5.75 Å². The summed E-state index contributed by atoms with van der Waals surface area (Å²) in [6.45, 7) is 4.15. The lowest BCUT2D eigenvalue weighted by Gasteiger charge is -2.28. The molecule has 0 unspecified atom stereocenters.